The highest BCUT2D eigenvalue weighted by Crippen LogP contribution is 2.23. The second-order valence-corrected chi connectivity index (χ2v) is 3.67. The third kappa shape index (κ3) is 4.43. The summed E-state index contributed by atoms with van der Waals surface area (Å²) in [6.07, 6.45) is -3.83. The summed E-state index contributed by atoms with van der Waals surface area (Å²) in [5.74, 6) is -5.74. The van der Waals surface area contributed by atoms with Gasteiger partial charge in [-0.1, -0.05) is 0 Å². The highest BCUT2D eigenvalue weighted by molar-refractivity contribution is 5.85. The molecule has 0 unspecified atom stereocenters. The molecule has 0 radical (unpaired) electrons. The summed E-state index contributed by atoms with van der Waals surface area (Å²) in [4.78, 5) is 18.0. The van der Waals surface area contributed by atoms with Crippen LogP contribution in [0.5, 0.6) is 0 Å². The van der Waals surface area contributed by atoms with Crippen LogP contribution in [0.1, 0.15) is 22.0 Å². The zero-order chi connectivity index (χ0) is 14.6. The molecule has 0 amide bonds. The topological polar surface area (TPSA) is 72.3 Å². The predicted molar refractivity (Wildman–Crippen MR) is 54.3 cm³/mol. The first kappa shape index (κ1) is 15.3. The molecule has 5 nitrogen and oxygen atoms in total. The van der Waals surface area contributed by atoms with Crippen molar-refractivity contribution in [1.82, 2.24) is 9.97 Å². The van der Waals surface area contributed by atoms with Gasteiger partial charge < -0.3 is 9.84 Å². The summed E-state index contributed by atoms with van der Waals surface area (Å²) < 4.78 is 53.1. The minimum atomic E-state index is -4.26. The van der Waals surface area contributed by atoms with Crippen LogP contribution in [-0.4, -0.2) is 40.0 Å². The quantitative estimate of drug-likeness (QED) is 0.807. The molecule has 0 bridgehead atoms. The molecule has 1 aromatic heterocycles. The highest BCUT2D eigenvalue weighted by atomic mass is 19.3. The molecule has 0 aliphatic heterocycles. The van der Waals surface area contributed by atoms with Gasteiger partial charge in [-0.3, -0.25) is 0 Å². The van der Waals surface area contributed by atoms with Crippen molar-refractivity contribution >= 4 is 5.97 Å². The van der Waals surface area contributed by atoms with Gasteiger partial charge in [-0.25, -0.2) is 23.5 Å². The molecule has 0 aromatic carbocycles. The van der Waals surface area contributed by atoms with Crippen LogP contribution in [-0.2, 0) is 11.3 Å². The van der Waals surface area contributed by atoms with Gasteiger partial charge in [0.05, 0.1) is 0 Å². The van der Waals surface area contributed by atoms with Gasteiger partial charge in [0.1, 0.15) is 13.2 Å². The molecule has 0 atom stereocenters. The van der Waals surface area contributed by atoms with Gasteiger partial charge in [0, 0.05) is 5.69 Å². The van der Waals surface area contributed by atoms with E-state index in [9.17, 15) is 22.4 Å². The summed E-state index contributed by atoms with van der Waals surface area (Å²) in [6.45, 7) is -0.597. The lowest BCUT2D eigenvalue weighted by molar-refractivity contribution is -0.168. The van der Waals surface area contributed by atoms with Crippen LogP contribution in [0.25, 0.3) is 0 Å². The zero-order valence-electron chi connectivity index (χ0n) is 9.74. The monoisotopic (exact) mass is 282 g/mol. The van der Waals surface area contributed by atoms with Gasteiger partial charge >= 0.3 is 18.3 Å². The minimum absolute atomic E-state index is 0.164. The number of nitrogens with zero attached hydrogens (tertiary/aromatic N) is 2. The van der Waals surface area contributed by atoms with Gasteiger partial charge in [-0.2, -0.15) is 8.78 Å². The normalized spacial score (nSPS) is 11.9. The fourth-order valence-corrected chi connectivity index (χ4v) is 1.15. The maximum atomic E-state index is 12.5. The summed E-state index contributed by atoms with van der Waals surface area (Å²) in [5.41, 5.74) is -0.0293. The van der Waals surface area contributed by atoms with Crippen molar-refractivity contribution in [1.29, 1.82) is 0 Å². The van der Waals surface area contributed by atoms with Crippen molar-refractivity contribution in [3.8, 4) is 0 Å². The van der Waals surface area contributed by atoms with Crippen LogP contribution in [0.2, 0.25) is 0 Å². The average Bonchev–Trinajstić information content (AvgIpc) is 2.27. The van der Waals surface area contributed by atoms with E-state index in [-0.39, 0.29) is 11.5 Å². The molecule has 0 aliphatic carbocycles. The Morgan fingerprint density at radius 3 is 2.63 bits per heavy atom. The minimum Gasteiger partial charge on any atom is -0.477 e. The van der Waals surface area contributed by atoms with Gasteiger partial charge in [0.2, 0.25) is 0 Å². The van der Waals surface area contributed by atoms with E-state index in [1.807, 2.05) is 0 Å². The third-order valence-corrected chi connectivity index (χ3v) is 1.96. The lowest BCUT2D eigenvalue weighted by Gasteiger charge is -2.14. The Morgan fingerprint density at radius 2 is 2.11 bits per heavy atom. The average molecular weight is 282 g/mol. The first-order chi connectivity index (χ1) is 8.72. The van der Waals surface area contributed by atoms with Crippen LogP contribution < -0.4 is 0 Å². The number of rotatable bonds is 6. The number of hydrogen-bond donors (Lipinski definition) is 1. The Labute approximate surface area is 105 Å². The van der Waals surface area contributed by atoms with Crippen molar-refractivity contribution in [2.75, 3.05) is 6.61 Å². The van der Waals surface area contributed by atoms with Crippen LogP contribution in [0.4, 0.5) is 17.6 Å². The first-order valence-electron chi connectivity index (χ1n) is 5.04. The van der Waals surface area contributed by atoms with Gasteiger partial charge in [0.15, 0.2) is 11.5 Å². The summed E-state index contributed by atoms with van der Waals surface area (Å²) >= 11 is 0. The van der Waals surface area contributed by atoms with E-state index >= 15 is 0 Å². The summed E-state index contributed by atoms with van der Waals surface area (Å²) in [6, 6.07) is 1.18. The fraction of sp³-hybridized carbons (Fsp3) is 0.500. The number of alkyl halides is 4. The van der Waals surface area contributed by atoms with Crippen LogP contribution in [0.3, 0.4) is 0 Å². The number of aromatic nitrogens is 2. The smallest absolute Gasteiger partial charge is 0.354 e. The lowest BCUT2D eigenvalue weighted by atomic mass is 10.3. The number of hydrogen-bond acceptors (Lipinski definition) is 4. The summed E-state index contributed by atoms with van der Waals surface area (Å²) in [7, 11) is 0. The maximum Gasteiger partial charge on any atom is 0.354 e. The van der Waals surface area contributed by atoms with Crippen molar-refractivity contribution in [2.45, 2.75) is 25.9 Å². The zero-order valence-corrected chi connectivity index (χ0v) is 9.74. The van der Waals surface area contributed by atoms with Crippen LogP contribution >= 0.6 is 0 Å². The van der Waals surface area contributed by atoms with Crippen LogP contribution in [0, 0.1) is 6.92 Å². The number of carbonyl (C=O) groups is 1. The van der Waals surface area contributed by atoms with E-state index in [1.165, 1.54) is 13.0 Å². The highest BCUT2D eigenvalue weighted by Gasteiger charge is 2.41. The number of aryl methyl sites for hydroxylation is 1. The van der Waals surface area contributed by atoms with E-state index in [1.54, 1.807) is 0 Å². The number of aromatic carboxylic acids is 1. The Hall–Kier alpha value is -1.77. The molecule has 0 spiro atoms. The third-order valence-electron chi connectivity index (χ3n) is 1.96. The molecule has 1 aromatic rings. The van der Waals surface area contributed by atoms with E-state index in [4.69, 9.17) is 5.11 Å². The summed E-state index contributed by atoms with van der Waals surface area (Å²) in [5, 5.41) is 8.71. The van der Waals surface area contributed by atoms with E-state index in [0.29, 0.717) is 5.69 Å². The largest absolute Gasteiger partial charge is 0.477 e. The van der Waals surface area contributed by atoms with Gasteiger partial charge in [0.25, 0.3) is 0 Å². The first-order valence-corrected chi connectivity index (χ1v) is 5.04. The Kier molecular flexibility index (Phi) is 4.76. The van der Waals surface area contributed by atoms with E-state index in [0.717, 1.165) is 0 Å². The van der Waals surface area contributed by atoms with Crippen molar-refractivity contribution in [2.24, 2.45) is 0 Å². The van der Waals surface area contributed by atoms with Crippen molar-refractivity contribution < 1.29 is 32.2 Å². The van der Waals surface area contributed by atoms with E-state index in [2.05, 4.69) is 14.7 Å². The van der Waals surface area contributed by atoms with E-state index < -0.39 is 31.5 Å². The van der Waals surface area contributed by atoms with Gasteiger partial charge in [-0.05, 0) is 13.0 Å². The molecular formula is C10H10F4N2O3. The molecule has 106 valence electrons. The predicted octanol–water partition coefficient (Wildman–Crippen LogP) is 1.90. The fourth-order valence-electron chi connectivity index (χ4n) is 1.15. The molecule has 0 saturated heterocycles. The molecular weight excluding hydrogens is 272 g/mol. The van der Waals surface area contributed by atoms with Gasteiger partial charge in [-0.15, -0.1) is 0 Å². The van der Waals surface area contributed by atoms with Crippen molar-refractivity contribution in [3.63, 3.8) is 0 Å². The molecule has 1 heterocycles. The molecule has 0 aliphatic rings. The molecule has 0 saturated carbocycles. The molecule has 0 fully saturated rings. The number of carboxylic acid groups (broad SMARTS) is 1. The molecule has 1 rings (SSSR count). The Balaban J connectivity index is 2.66. The van der Waals surface area contributed by atoms with Crippen LogP contribution in [0.15, 0.2) is 6.07 Å². The van der Waals surface area contributed by atoms with Crippen molar-refractivity contribution in [3.05, 3.63) is 23.3 Å². The molecule has 1 N–H and O–H groups in total. The second kappa shape index (κ2) is 5.91. The number of halogens is 4. The Morgan fingerprint density at radius 1 is 1.47 bits per heavy atom. The standard InChI is InChI=1S/C10H10F4N2O3/c1-5-2-6(8(17)18)16-7(15-5)3-19-4-10(13,14)9(11)12/h2,9H,3-4H2,1H3,(H,17,18). The molecule has 9 heteroatoms. The SMILES string of the molecule is Cc1cc(C(=O)O)nc(COCC(F)(F)C(F)F)n1. The maximum absolute atomic E-state index is 12.5. The second-order valence-electron chi connectivity index (χ2n) is 3.67. The lowest BCUT2D eigenvalue weighted by Crippen LogP contribution is -2.32. The number of ether oxygens (including phenoxy) is 1. The molecule has 19 heavy (non-hydrogen) atoms. The number of carboxylic acids is 1. The Bertz CT molecular complexity index is 468.